The van der Waals surface area contributed by atoms with Gasteiger partial charge in [0, 0.05) is 17.7 Å². The van der Waals surface area contributed by atoms with Gasteiger partial charge in [0.05, 0.1) is 4.92 Å². The first-order valence-corrected chi connectivity index (χ1v) is 7.36. The van der Waals surface area contributed by atoms with E-state index in [1.54, 1.807) is 0 Å². The van der Waals surface area contributed by atoms with Crippen molar-refractivity contribution >= 4 is 17.3 Å². The minimum absolute atomic E-state index is 0.0423. The number of nitro benzene ring substituents is 1. The number of nitrogens with one attached hydrogen (secondary N) is 1. The highest BCUT2D eigenvalue weighted by Crippen LogP contribution is 2.22. The van der Waals surface area contributed by atoms with E-state index in [-0.39, 0.29) is 28.9 Å². The van der Waals surface area contributed by atoms with Crippen LogP contribution in [0.1, 0.15) is 29.3 Å². The predicted molar refractivity (Wildman–Crippen MR) is 89.2 cm³/mol. The summed E-state index contributed by atoms with van der Waals surface area (Å²) < 4.78 is 0. The van der Waals surface area contributed by atoms with Crippen LogP contribution in [0.2, 0.25) is 0 Å². The number of amides is 1. The number of rotatable bonds is 6. The van der Waals surface area contributed by atoms with Crippen LogP contribution in [0.5, 0.6) is 0 Å². The number of anilines is 1. The Morgan fingerprint density at radius 3 is 2.61 bits per heavy atom. The third kappa shape index (κ3) is 4.54. The molecule has 0 aliphatic heterocycles. The molecule has 2 aromatic carbocycles. The van der Waals surface area contributed by atoms with Crippen LogP contribution in [0.3, 0.4) is 0 Å². The maximum Gasteiger partial charge on any atom is 0.292 e. The summed E-state index contributed by atoms with van der Waals surface area (Å²) in [4.78, 5) is 22.5. The first kappa shape index (κ1) is 16.5. The minimum Gasteiger partial charge on any atom is -0.393 e. The molecule has 2 rings (SSSR count). The van der Waals surface area contributed by atoms with Gasteiger partial charge < -0.3 is 11.1 Å². The largest absolute Gasteiger partial charge is 0.393 e. The number of benzene rings is 2. The Hall–Kier alpha value is -2.89. The van der Waals surface area contributed by atoms with Gasteiger partial charge in [-0.15, -0.1) is 0 Å². The topological polar surface area (TPSA) is 98.3 Å². The van der Waals surface area contributed by atoms with Crippen molar-refractivity contribution in [1.29, 1.82) is 0 Å². The number of nitrogen functional groups attached to an aromatic ring is 1. The van der Waals surface area contributed by atoms with Crippen molar-refractivity contribution in [2.75, 3.05) is 5.73 Å². The third-order valence-electron chi connectivity index (χ3n) is 3.58. The van der Waals surface area contributed by atoms with E-state index in [2.05, 4.69) is 5.32 Å². The summed E-state index contributed by atoms with van der Waals surface area (Å²) in [5.41, 5.74) is 6.76. The maximum absolute atomic E-state index is 12.2. The van der Waals surface area contributed by atoms with E-state index in [0.29, 0.717) is 0 Å². The van der Waals surface area contributed by atoms with E-state index in [1.807, 2.05) is 37.3 Å². The summed E-state index contributed by atoms with van der Waals surface area (Å²) in [6.45, 7) is 1.91. The molecule has 0 saturated heterocycles. The molecule has 1 atom stereocenters. The molecule has 0 heterocycles. The minimum atomic E-state index is -0.592. The van der Waals surface area contributed by atoms with Gasteiger partial charge in [-0.25, -0.2) is 0 Å². The molecule has 0 saturated carbocycles. The predicted octanol–water partition coefficient (Wildman–Crippen LogP) is 2.93. The van der Waals surface area contributed by atoms with Crippen LogP contribution in [0, 0.1) is 10.1 Å². The summed E-state index contributed by atoms with van der Waals surface area (Å²) in [6, 6.07) is 14.0. The van der Waals surface area contributed by atoms with E-state index >= 15 is 0 Å². The van der Waals surface area contributed by atoms with Crippen molar-refractivity contribution in [1.82, 2.24) is 5.32 Å². The van der Waals surface area contributed by atoms with Gasteiger partial charge in [-0.05, 0) is 37.5 Å². The summed E-state index contributed by atoms with van der Waals surface area (Å²) >= 11 is 0. The maximum atomic E-state index is 12.2. The molecule has 0 aromatic heterocycles. The van der Waals surface area contributed by atoms with E-state index in [9.17, 15) is 14.9 Å². The van der Waals surface area contributed by atoms with Gasteiger partial charge in [0.25, 0.3) is 11.6 Å². The first-order valence-electron chi connectivity index (χ1n) is 7.36. The molecule has 6 heteroatoms. The molecule has 120 valence electrons. The molecule has 0 aliphatic rings. The lowest BCUT2D eigenvalue weighted by Crippen LogP contribution is -2.32. The van der Waals surface area contributed by atoms with Crippen LogP contribution in [0.25, 0.3) is 0 Å². The number of nitrogens with two attached hydrogens (primary N) is 1. The smallest absolute Gasteiger partial charge is 0.292 e. The summed E-state index contributed by atoms with van der Waals surface area (Å²) in [7, 11) is 0. The van der Waals surface area contributed by atoms with Crippen molar-refractivity contribution in [2.45, 2.75) is 25.8 Å². The Bertz CT molecular complexity index is 701. The fourth-order valence-corrected chi connectivity index (χ4v) is 2.25. The zero-order valence-electron chi connectivity index (χ0n) is 12.9. The van der Waals surface area contributed by atoms with Gasteiger partial charge >= 0.3 is 0 Å². The summed E-state index contributed by atoms with van der Waals surface area (Å²) in [5, 5.41) is 13.7. The Morgan fingerprint density at radius 1 is 1.26 bits per heavy atom. The Kier molecular flexibility index (Phi) is 5.30. The number of carbonyl (C=O) groups excluding carboxylic acids is 1. The summed E-state index contributed by atoms with van der Waals surface area (Å²) in [6.07, 6.45) is 1.64. The molecular formula is C17H19N3O3. The molecule has 1 amide bonds. The molecular weight excluding hydrogens is 294 g/mol. The van der Waals surface area contributed by atoms with Gasteiger partial charge in [-0.1, -0.05) is 30.3 Å². The standard InChI is InChI=1S/C17H19N3O3/c1-12(7-8-13-5-3-2-4-6-13)19-17(21)14-9-10-15(18)16(11-14)20(22)23/h2-6,9-12H,7-8,18H2,1H3,(H,19,21)/t12-/m0/s1. The average molecular weight is 313 g/mol. The highest BCUT2D eigenvalue weighted by molar-refractivity contribution is 5.95. The number of nitrogens with zero attached hydrogens (tertiary/aromatic N) is 1. The fraction of sp³-hybridized carbons (Fsp3) is 0.235. The molecule has 0 aliphatic carbocycles. The first-order chi connectivity index (χ1) is 11.0. The zero-order chi connectivity index (χ0) is 16.8. The molecule has 0 spiro atoms. The van der Waals surface area contributed by atoms with Gasteiger partial charge in [-0.3, -0.25) is 14.9 Å². The quantitative estimate of drug-likeness (QED) is 0.486. The Labute approximate surface area is 134 Å². The highest BCUT2D eigenvalue weighted by Gasteiger charge is 2.16. The van der Waals surface area contributed by atoms with E-state index < -0.39 is 4.92 Å². The Balaban J connectivity index is 1.96. The van der Waals surface area contributed by atoms with Crippen LogP contribution in [-0.4, -0.2) is 16.9 Å². The number of aryl methyl sites for hydroxylation is 1. The van der Waals surface area contributed by atoms with E-state index in [0.717, 1.165) is 12.8 Å². The van der Waals surface area contributed by atoms with Gasteiger partial charge in [0.15, 0.2) is 0 Å². The van der Waals surface area contributed by atoms with Crippen LogP contribution in [0.15, 0.2) is 48.5 Å². The second-order valence-electron chi connectivity index (χ2n) is 5.43. The zero-order valence-corrected chi connectivity index (χ0v) is 12.9. The second kappa shape index (κ2) is 7.40. The van der Waals surface area contributed by atoms with Crippen molar-refractivity contribution in [3.05, 3.63) is 69.8 Å². The van der Waals surface area contributed by atoms with Crippen molar-refractivity contribution in [2.24, 2.45) is 0 Å². The third-order valence-corrected chi connectivity index (χ3v) is 3.58. The molecule has 2 aromatic rings. The lowest BCUT2D eigenvalue weighted by atomic mass is 10.1. The number of hydrogen-bond donors (Lipinski definition) is 2. The van der Waals surface area contributed by atoms with Crippen molar-refractivity contribution in [3.63, 3.8) is 0 Å². The van der Waals surface area contributed by atoms with Gasteiger partial charge in [0.1, 0.15) is 5.69 Å². The van der Waals surface area contributed by atoms with E-state index in [4.69, 9.17) is 5.73 Å². The Morgan fingerprint density at radius 2 is 1.96 bits per heavy atom. The SMILES string of the molecule is C[C@@H](CCc1ccccc1)NC(=O)c1ccc(N)c([N+](=O)[O-])c1. The van der Waals surface area contributed by atoms with E-state index in [1.165, 1.54) is 23.8 Å². The monoisotopic (exact) mass is 313 g/mol. The van der Waals surface area contributed by atoms with Crippen LogP contribution >= 0.6 is 0 Å². The summed E-state index contributed by atoms with van der Waals surface area (Å²) in [5.74, 6) is -0.339. The van der Waals surface area contributed by atoms with Crippen molar-refractivity contribution < 1.29 is 9.72 Å². The van der Waals surface area contributed by atoms with Crippen LogP contribution in [0.4, 0.5) is 11.4 Å². The number of hydrogen-bond acceptors (Lipinski definition) is 4. The second-order valence-corrected chi connectivity index (χ2v) is 5.43. The van der Waals surface area contributed by atoms with Gasteiger partial charge in [-0.2, -0.15) is 0 Å². The number of nitro groups is 1. The molecule has 0 fully saturated rings. The molecule has 23 heavy (non-hydrogen) atoms. The lowest BCUT2D eigenvalue weighted by Gasteiger charge is -2.14. The van der Waals surface area contributed by atoms with Crippen LogP contribution < -0.4 is 11.1 Å². The average Bonchev–Trinajstić information content (AvgIpc) is 2.54. The number of carbonyl (C=O) groups is 1. The molecule has 6 nitrogen and oxygen atoms in total. The normalized spacial score (nSPS) is 11.7. The highest BCUT2D eigenvalue weighted by atomic mass is 16.6. The molecule has 3 N–H and O–H groups in total. The molecule has 0 radical (unpaired) electrons. The fourth-order valence-electron chi connectivity index (χ4n) is 2.25. The van der Waals surface area contributed by atoms with Crippen LogP contribution in [-0.2, 0) is 6.42 Å². The molecule has 0 unspecified atom stereocenters. The van der Waals surface area contributed by atoms with Gasteiger partial charge in [0.2, 0.25) is 0 Å². The lowest BCUT2D eigenvalue weighted by molar-refractivity contribution is -0.383. The molecule has 0 bridgehead atoms. The van der Waals surface area contributed by atoms with Crippen molar-refractivity contribution in [3.8, 4) is 0 Å².